The van der Waals surface area contributed by atoms with Crippen molar-refractivity contribution in [3.05, 3.63) is 23.8 Å². The van der Waals surface area contributed by atoms with Gasteiger partial charge in [0.05, 0.1) is 17.9 Å². The van der Waals surface area contributed by atoms with Crippen LogP contribution in [0.1, 0.15) is 82.1 Å². The Morgan fingerprint density at radius 2 is 1.35 bits per heavy atom. The Labute approximate surface area is 314 Å². The van der Waals surface area contributed by atoms with E-state index >= 15 is 0 Å². The van der Waals surface area contributed by atoms with Gasteiger partial charge >= 0.3 is 41.8 Å². The molecule has 1 N–H and O–H groups in total. The van der Waals surface area contributed by atoms with Crippen LogP contribution in [0.15, 0.2) is 23.8 Å². The molecule has 1 spiro atoms. The Kier molecular flexibility index (Phi) is 12.7. The number of rotatable bonds is 11. The monoisotopic (exact) mass is 764 g/mol. The Balaban J connectivity index is 2.11. The third-order valence-electron chi connectivity index (χ3n) is 10.3. The normalized spacial score (nSPS) is 37.1. The molecule has 300 valence electrons. The van der Waals surface area contributed by atoms with Crippen molar-refractivity contribution >= 4 is 41.8 Å². The molecule has 4 aliphatic rings. The van der Waals surface area contributed by atoms with Crippen molar-refractivity contribution < 1.29 is 76.6 Å². The standard InChI is InChI=1S/C38H52O16/c1-18(2)13-28(43)47-16-25-11-12-26(49-21(6)39)36(10)31(34(52-24(9)42)38(46)20(5)35(45)53-27(38)15-25)37(17-48-37)33(54-29(44)14-19(3)4)30(50-22(7)40)32(36)51-23(8)41/h11-12,15,18-20,26-27,30-34,46H,13-14,16-17H2,1-10H3/b12-11-,25-15+/t20-,26-,27-,30+,31+,32-,33+,34-,36+,37-,38-/m0/s1. The molecule has 2 saturated heterocycles. The molecule has 2 aliphatic carbocycles. The number of hydrogen-bond acceptors (Lipinski definition) is 16. The number of hydrogen-bond donors (Lipinski definition) is 1. The van der Waals surface area contributed by atoms with Gasteiger partial charge < -0.3 is 43.0 Å². The second-order valence-electron chi connectivity index (χ2n) is 15.6. The van der Waals surface area contributed by atoms with Gasteiger partial charge in [0.15, 0.2) is 30.0 Å². The molecule has 0 aromatic heterocycles. The Bertz CT molecular complexity index is 1570. The van der Waals surface area contributed by atoms with Crippen molar-refractivity contribution in [3.63, 3.8) is 0 Å². The van der Waals surface area contributed by atoms with Gasteiger partial charge in [0.2, 0.25) is 0 Å². The number of esters is 7. The zero-order valence-electron chi connectivity index (χ0n) is 32.4. The molecular weight excluding hydrogens is 712 g/mol. The Morgan fingerprint density at radius 3 is 1.87 bits per heavy atom. The molecule has 0 aromatic rings. The fourth-order valence-corrected chi connectivity index (χ4v) is 8.00. The number of fused-ring (bicyclic) bond motifs is 3. The highest BCUT2D eigenvalue weighted by Gasteiger charge is 2.81. The smallest absolute Gasteiger partial charge is 0.312 e. The first kappa shape index (κ1) is 42.4. The lowest BCUT2D eigenvalue weighted by molar-refractivity contribution is -0.279. The Morgan fingerprint density at radius 1 is 0.815 bits per heavy atom. The van der Waals surface area contributed by atoms with E-state index in [0.29, 0.717) is 0 Å². The van der Waals surface area contributed by atoms with E-state index in [2.05, 4.69) is 0 Å². The van der Waals surface area contributed by atoms with Crippen molar-refractivity contribution in [2.45, 2.75) is 130 Å². The maximum Gasteiger partial charge on any atom is 0.312 e. The molecular formula is C38H52O16. The number of carbonyl (C=O) groups is 7. The number of epoxide rings is 1. The highest BCUT2D eigenvalue weighted by molar-refractivity contribution is 5.78. The summed E-state index contributed by atoms with van der Waals surface area (Å²) in [6.07, 6.45) is -5.43. The van der Waals surface area contributed by atoms with Crippen LogP contribution in [-0.4, -0.2) is 108 Å². The predicted octanol–water partition coefficient (Wildman–Crippen LogP) is 2.45. The van der Waals surface area contributed by atoms with Crippen LogP contribution in [0.2, 0.25) is 0 Å². The summed E-state index contributed by atoms with van der Waals surface area (Å²) in [6.45, 7) is 13.9. The topological polar surface area (TPSA) is 217 Å². The molecule has 16 heteroatoms. The van der Waals surface area contributed by atoms with Gasteiger partial charge in [-0.3, -0.25) is 33.6 Å². The van der Waals surface area contributed by atoms with E-state index in [1.807, 2.05) is 13.8 Å². The minimum atomic E-state index is -2.44. The van der Waals surface area contributed by atoms with Crippen molar-refractivity contribution in [1.29, 1.82) is 0 Å². The summed E-state index contributed by atoms with van der Waals surface area (Å²) in [6, 6.07) is 0. The molecule has 0 unspecified atom stereocenters. The fraction of sp³-hybridized carbons (Fsp3) is 0.711. The van der Waals surface area contributed by atoms with Crippen molar-refractivity contribution in [1.82, 2.24) is 0 Å². The second kappa shape index (κ2) is 16.2. The molecule has 0 aromatic carbocycles. The van der Waals surface area contributed by atoms with Gasteiger partial charge in [-0.25, -0.2) is 0 Å². The zero-order valence-corrected chi connectivity index (χ0v) is 32.4. The third-order valence-corrected chi connectivity index (χ3v) is 10.3. The largest absolute Gasteiger partial charge is 0.461 e. The van der Waals surface area contributed by atoms with E-state index in [9.17, 15) is 38.7 Å². The average Bonchev–Trinajstić information content (AvgIpc) is 3.78. The summed E-state index contributed by atoms with van der Waals surface area (Å²) in [5.74, 6) is -8.66. The van der Waals surface area contributed by atoms with E-state index in [0.717, 1.165) is 27.7 Å². The maximum atomic E-state index is 13.4. The van der Waals surface area contributed by atoms with Crippen molar-refractivity contribution in [3.8, 4) is 0 Å². The lowest BCUT2D eigenvalue weighted by Gasteiger charge is -2.59. The fourth-order valence-electron chi connectivity index (χ4n) is 8.00. The molecule has 1 saturated carbocycles. The summed E-state index contributed by atoms with van der Waals surface area (Å²) in [4.78, 5) is 91.3. The lowest BCUT2D eigenvalue weighted by atomic mass is 9.51. The quantitative estimate of drug-likeness (QED) is 0.182. The van der Waals surface area contributed by atoms with Gasteiger partial charge in [-0.2, -0.15) is 0 Å². The molecule has 0 bridgehead atoms. The summed E-state index contributed by atoms with van der Waals surface area (Å²) in [5.41, 5.74) is -5.91. The van der Waals surface area contributed by atoms with Crippen LogP contribution in [0.4, 0.5) is 0 Å². The highest BCUT2D eigenvalue weighted by Crippen LogP contribution is 2.63. The van der Waals surface area contributed by atoms with Crippen LogP contribution in [0.25, 0.3) is 0 Å². The molecule has 16 nitrogen and oxygen atoms in total. The first-order valence-electron chi connectivity index (χ1n) is 18.1. The number of carbonyl (C=O) groups excluding carboxylic acids is 7. The van der Waals surface area contributed by atoms with Gasteiger partial charge in [0, 0.05) is 46.5 Å². The van der Waals surface area contributed by atoms with Crippen LogP contribution in [0.3, 0.4) is 0 Å². The summed E-state index contributed by atoms with van der Waals surface area (Å²) < 4.78 is 47.2. The van der Waals surface area contributed by atoms with Crippen LogP contribution in [0.5, 0.6) is 0 Å². The van der Waals surface area contributed by atoms with Crippen LogP contribution in [-0.2, 0) is 71.5 Å². The molecule has 4 rings (SSSR count). The van der Waals surface area contributed by atoms with Gasteiger partial charge in [0.1, 0.15) is 24.4 Å². The van der Waals surface area contributed by atoms with Gasteiger partial charge in [-0.05, 0) is 36.5 Å². The molecule has 3 fully saturated rings. The summed E-state index contributed by atoms with van der Waals surface area (Å²) >= 11 is 0. The van der Waals surface area contributed by atoms with E-state index in [4.69, 9.17) is 37.9 Å². The molecule has 2 heterocycles. The summed E-state index contributed by atoms with van der Waals surface area (Å²) in [5, 5.41) is 13.0. The second-order valence-corrected chi connectivity index (χ2v) is 15.6. The minimum Gasteiger partial charge on any atom is -0.461 e. The molecule has 0 amide bonds. The molecule has 2 aliphatic heterocycles. The van der Waals surface area contributed by atoms with E-state index in [-0.39, 0.29) is 43.5 Å². The average molecular weight is 765 g/mol. The highest BCUT2D eigenvalue weighted by atomic mass is 16.7. The first-order valence-corrected chi connectivity index (χ1v) is 18.1. The SMILES string of the molecule is CC(=O)O[C@H]1[C@@H](OC(=O)CC(C)C)[C@]2(CO2)[C@@H]2[C@H](OC(C)=O)[C@@]3(O)[C@H](/C=C(COC(=O)CC(C)C)\C=C/[C@H](OC(C)=O)[C@@]2(C)[C@H]1OC(C)=O)OC(=O)[C@@H]3C. The molecule has 0 radical (unpaired) electrons. The number of aliphatic hydroxyl groups is 1. The van der Waals surface area contributed by atoms with Crippen molar-refractivity contribution in [2.75, 3.05) is 13.2 Å². The van der Waals surface area contributed by atoms with E-state index in [1.54, 1.807) is 13.8 Å². The van der Waals surface area contributed by atoms with Gasteiger partial charge in [-0.1, -0.05) is 40.7 Å². The Hall–Kier alpha value is -4.31. The van der Waals surface area contributed by atoms with Crippen LogP contribution in [0, 0.1) is 29.1 Å². The van der Waals surface area contributed by atoms with Crippen LogP contribution < -0.4 is 0 Å². The third kappa shape index (κ3) is 8.49. The zero-order chi connectivity index (χ0) is 40.5. The predicted molar refractivity (Wildman–Crippen MR) is 183 cm³/mol. The minimum absolute atomic E-state index is 0.0253. The first-order chi connectivity index (χ1) is 25.1. The van der Waals surface area contributed by atoms with E-state index in [1.165, 1.54) is 32.1 Å². The molecule has 54 heavy (non-hydrogen) atoms. The summed E-state index contributed by atoms with van der Waals surface area (Å²) in [7, 11) is 0. The molecule has 11 atom stereocenters. The lowest BCUT2D eigenvalue weighted by Crippen LogP contribution is -2.76. The van der Waals surface area contributed by atoms with Crippen molar-refractivity contribution in [2.24, 2.45) is 29.1 Å². The van der Waals surface area contributed by atoms with Gasteiger partial charge in [0.25, 0.3) is 0 Å². The van der Waals surface area contributed by atoms with Crippen LogP contribution >= 0.6 is 0 Å². The number of ether oxygens (including phenoxy) is 8. The van der Waals surface area contributed by atoms with E-state index < -0.39 is 107 Å². The maximum absolute atomic E-state index is 13.4. The van der Waals surface area contributed by atoms with Gasteiger partial charge in [-0.15, -0.1) is 0 Å².